The predicted molar refractivity (Wildman–Crippen MR) is 144 cm³/mol. The molecule has 0 aromatic rings. The summed E-state index contributed by atoms with van der Waals surface area (Å²) in [5, 5.41) is 0. The minimum Gasteiger partial charge on any atom is -0.373 e. The molecule has 0 aromatic carbocycles. The fourth-order valence-electron chi connectivity index (χ4n) is 6.60. The Bertz CT molecular complexity index is 987. The molecule has 10 rings (SSSR count). The van der Waals surface area contributed by atoms with Gasteiger partial charge in [-0.3, -0.25) is 0 Å². The molecule has 10 aliphatic rings. The minimum absolute atomic E-state index is 0.111. The third kappa shape index (κ3) is 4.03. The number of fused-ring (bicyclic) bond motifs is 3. The maximum Gasteiger partial charge on any atom is 0.528 e. The largest absolute Gasteiger partial charge is 0.528 e. The van der Waals surface area contributed by atoms with E-state index in [1.807, 2.05) is 0 Å². The van der Waals surface area contributed by atoms with Crippen molar-refractivity contribution in [1.82, 2.24) is 0 Å². The molecule has 0 amide bonds. The third-order valence-corrected chi connectivity index (χ3v) is 41.4. The summed E-state index contributed by atoms with van der Waals surface area (Å²) >= 11 is 0. The van der Waals surface area contributed by atoms with Crippen molar-refractivity contribution in [2.24, 2.45) is 0 Å². The normalized spacial score (nSPS) is 57.1. The fraction of sp³-hybridized carbons (Fsp3) is 1.00. The highest BCUT2D eigenvalue weighted by atomic mass is 28.6. The lowest BCUT2D eigenvalue weighted by Crippen LogP contribution is -2.81. The topological polar surface area (TPSA) is 83.1 Å². The Morgan fingerprint density at radius 3 is 0.625 bits per heavy atom. The van der Waals surface area contributed by atoms with Crippen molar-refractivity contribution >= 4 is 61.9 Å². The van der Waals surface area contributed by atoms with Gasteiger partial charge in [-0.15, -0.1) is 0 Å². The fourth-order valence-corrected chi connectivity index (χ4v) is 46.9. The van der Waals surface area contributed by atoms with E-state index in [2.05, 4.69) is 0 Å². The molecule has 9 nitrogen and oxygen atoms in total. The van der Waals surface area contributed by atoms with Crippen molar-refractivity contribution in [1.29, 1.82) is 0 Å². The maximum atomic E-state index is 17.5. The van der Waals surface area contributed by atoms with Crippen molar-refractivity contribution in [2.45, 2.75) is 129 Å². The zero-order valence-corrected chi connectivity index (χ0v) is 29.2. The first-order chi connectivity index (χ1) is 19.1. The van der Waals surface area contributed by atoms with Crippen molar-refractivity contribution in [3.05, 3.63) is 0 Å². The molecule has 7 saturated carbocycles. The molecule has 0 atom stereocenters. The smallest absolute Gasteiger partial charge is 0.373 e. The standard InChI is InChI=1S/C21H35F3O9Si7/c22-34(15-1-2-15)25-37(18-7-8-18)27-35(23,16-3-4-16)29-39(20-11-12-20)30-36(24,17-5-6-17)28-38(26-34,19-9-10-19)32-40(31-37,33-39)21-13-14-21/h15-21H,1-14H2. The second kappa shape index (κ2) is 8.02. The Balaban J connectivity index is 1.21. The van der Waals surface area contributed by atoms with Crippen molar-refractivity contribution in [3.8, 4) is 0 Å². The van der Waals surface area contributed by atoms with Gasteiger partial charge in [-0.2, -0.15) is 0 Å². The number of hydrogen-bond donors (Lipinski definition) is 0. The molecule has 0 aromatic heterocycles. The molecule has 0 unspecified atom stereocenters. The van der Waals surface area contributed by atoms with E-state index in [4.69, 9.17) is 37.0 Å². The highest BCUT2D eigenvalue weighted by Gasteiger charge is 2.86. The molecule has 7 aliphatic carbocycles. The van der Waals surface area contributed by atoms with Crippen LogP contribution in [0.15, 0.2) is 0 Å². The summed E-state index contributed by atoms with van der Waals surface area (Å²) in [7, 11) is -29.9. The Morgan fingerprint density at radius 1 is 0.275 bits per heavy atom. The van der Waals surface area contributed by atoms with Crippen LogP contribution >= 0.6 is 0 Å². The molecule has 3 heterocycles. The van der Waals surface area contributed by atoms with Crippen molar-refractivity contribution in [2.75, 3.05) is 0 Å². The van der Waals surface area contributed by atoms with Crippen LogP contribution in [0.5, 0.6) is 0 Å². The monoisotopic (exact) mass is 684 g/mol. The molecule has 3 aliphatic heterocycles. The molecule has 10 fully saturated rings. The van der Waals surface area contributed by atoms with Crippen LogP contribution in [0.4, 0.5) is 12.3 Å². The van der Waals surface area contributed by atoms with Crippen LogP contribution in [0, 0.1) is 0 Å². The molecular weight excluding hydrogens is 650 g/mol. The average Bonchev–Trinajstić information content (AvgIpc) is 3.70. The first-order valence-electron chi connectivity index (χ1n) is 15.5. The van der Waals surface area contributed by atoms with Gasteiger partial charge >= 0.3 is 61.9 Å². The zero-order chi connectivity index (χ0) is 26.8. The van der Waals surface area contributed by atoms with Crippen LogP contribution in [-0.2, 0) is 37.0 Å². The Kier molecular flexibility index (Phi) is 5.25. The Labute approximate surface area is 239 Å². The third-order valence-electron chi connectivity index (χ3n) is 10.0. The second-order valence-corrected chi connectivity index (χ2v) is 35.4. The van der Waals surface area contributed by atoms with Gasteiger partial charge in [-0.25, -0.2) is 12.3 Å². The zero-order valence-electron chi connectivity index (χ0n) is 22.2. The van der Waals surface area contributed by atoms with Crippen molar-refractivity contribution in [3.63, 3.8) is 0 Å². The van der Waals surface area contributed by atoms with Gasteiger partial charge < -0.3 is 37.0 Å². The molecule has 0 spiro atoms. The van der Waals surface area contributed by atoms with E-state index in [0.717, 1.165) is 12.8 Å². The molecule has 40 heavy (non-hydrogen) atoms. The Morgan fingerprint density at radius 2 is 0.450 bits per heavy atom. The van der Waals surface area contributed by atoms with E-state index in [1.165, 1.54) is 0 Å². The summed E-state index contributed by atoms with van der Waals surface area (Å²) in [5.41, 5.74) is -2.20. The predicted octanol–water partition coefficient (Wildman–Crippen LogP) is 5.81. The highest BCUT2D eigenvalue weighted by molar-refractivity contribution is 7.00. The van der Waals surface area contributed by atoms with Crippen LogP contribution in [-0.4, -0.2) is 61.9 Å². The highest BCUT2D eigenvalue weighted by Crippen LogP contribution is 2.68. The van der Waals surface area contributed by atoms with E-state index in [9.17, 15) is 0 Å². The summed E-state index contributed by atoms with van der Waals surface area (Å²) in [5.74, 6) is 0. The van der Waals surface area contributed by atoms with E-state index in [-0.39, 0.29) is 22.2 Å². The second-order valence-electron chi connectivity index (χ2n) is 14.0. The minimum atomic E-state index is -4.61. The summed E-state index contributed by atoms with van der Waals surface area (Å²) in [6, 6.07) is 0. The first kappa shape index (κ1) is 26.2. The lowest BCUT2D eigenvalue weighted by molar-refractivity contribution is 0.0191. The van der Waals surface area contributed by atoms with Crippen molar-refractivity contribution < 1.29 is 49.4 Å². The van der Waals surface area contributed by atoms with Gasteiger partial charge in [-0.05, 0) is 89.9 Å². The summed E-state index contributed by atoms with van der Waals surface area (Å²) in [6.45, 7) is 0. The van der Waals surface area contributed by atoms with Gasteiger partial charge in [0, 0.05) is 38.8 Å². The lowest BCUT2D eigenvalue weighted by Gasteiger charge is -2.56. The van der Waals surface area contributed by atoms with Gasteiger partial charge in [0.15, 0.2) is 0 Å². The Hall–Kier alpha value is 0.948. The molecule has 0 N–H and O–H groups in total. The number of halogens is 3. The van der Waals surface area contributed by atoms with Crippen LogP contribution in [0.1, 0.15) is 89.9 Å². The number of rotatable bonds is 7. The van der Waals surface area contributed by atoms with Gasteiger partial charge in [-0.1, -0.05) is 0 Å². The average molecular weight is 685 g/mol. The maximum absolute atomic E-state index is 17.5. The van der Waals surface area contributed by atoms with E-state index in [0.29, 0.717) is 77.0 Å². The molecule has 4 bridgehead atoms. The summed E-state index contributed by atoms with van der Waals surface area (Å²) in [6.07, 6.45) is 9.39. The van der Waals surface area contributed by atoms with Gasteiger partial charge in [0.1, 0.15) is 0 Å². The van der Waals surface area contributed by atoms with Gasteiger partial charge in [0.05, 0.1) is 0 Å². The molecule has 3 saturated heterocycles. The van der Waals surface area contributed by atoms with Crippen LogP contribution in [0.3, 0.4) is 0 Å². The molecular formula is C21H35F3O9Si7. The number of hydrogen-bond acceptors (Lipinski definition) is 9. The van der Waals surface area contributed by atoms with Crippen LogP contribution in [0.25, 0.3) is 0 Å². The summed E-state index contributed by atoms with van der Waals surface area (Å²) in [4.78, 5) is 0. The first-order valence-corrected chi connectivity index (χ1v) is 28.0. The SMILES string of the molecule is F[Si]1(C2CC2)O[Si]2(C3CC3)O[Si](F)(C3CC3)O[Si]3(C4CC4)O[Si](F)(C4CC4)O[Si](C4CC4)(O1)O[Si](C1CC1)(O2)O3. The summed E-state index contributed by atoms with van der Waals surface area (Å²) < 4.78 is 113. The quantitative estimate of drug-likeness (QED) is 0.244. The molecule has 19 heteroatoms. The van der Waals surface area contributed by atoms with Crippen LogP contribution < -0.4 is 0 Å². The van der Waals surface area contributed by atoms with E-state index < -0.39 is 78.5 Å². The van der Waals surface area contributed by atoms with Gasteiger partial charge in [0.2, 0.25) is 0 Å². The van der Waals surface area contributed by atoms with Crippen LogP contribution in [0.2, 0.25) is 38.8 Å². The van der Waals surface area contributed by atoms with E-state index >= 15 is 12.3 Å². The molecule has 0 radical (unpaired) electrons. The van der Waals surface area contributed by atoms with E-state index in [1.54, 1.807) is 0 Å². The van der Waals surface area contributed by atoms with Gasteiger partial charge in [0.25, 0.3) is 0 Å². The molecule has 222 valence electrons. The lowest BCUT2D eigenvalue weighted by atomic mass is 11.0.